The number of carbonyl (C=O) groups is 3. The molecule has 112 valence electrons. The third-order valence-corrected chi connectivity index (χ3v) is 3.87. The minimum Gasteiger partial charge on any atom is -0.352 e. The van der Waals surface area contributed by atoms with Crippen LogP contribution in [0.5, 0.6) is 0 Å². The molecule has 2 aliphatic rings. The molecule has 0 aliphatic carbocycles. The van der Waals surface area contributed by atoms with Crippen LogP contribution >= 0.6 is 0 Å². The van der Waals surface area contributed by atoms with Crippen molar-refractivity contribution < 1.29 is 14.4 Å². The lowest BCUT2D eigenvalue weighted by Crippen LogP contribution is -2.66. The number of amides is 3. The zero-order valence-corrected chi connectivity index (χ0v) is 12.0. The van der Waals surface area contributed by atoms with E-state index in [0.717, 1.165) is 6.42 Å². The first-order valence-electron chi connectivity index (χ1n) is 7.13. The van der Waals surface area contributed by atoms with E-state index in [2.05, 4.69) is 10.6 Å². The standard InChI is InChI=1S/C13H22N4O3/c1-3-9(2)15-11(18)8-16-7-10-6-14-4-5-17(10)13(20)12(16)19/h9-10,14H,3-8H2,1-2H3,(H,15,18). The molecular formula is C13H22N4O3. The molecule has 2 fully saturated rings. The van der Waals surface area contributed by atoms with Crippen LogP contribution in [0.4, 0.5) is 0 Å². The molecule has 20 heavy (non-hydrogen) atoms. The van der Waals surface area contributed by atoms with Gasteiger partial charge in [0.25, 0.3) is 0 Å². The molecule has 0 bridgehead atoms. The summed E-state index contributed by atoms with van der Waals surface area (Å²) < 4.78 is 0. The van der Waals surface area contributed by atoms with Crippen LogP contribution in [0, 0.1) is 0 Å². The Kier molecular flexibility index (Phi) is 4.59. The summed E-state index contributed by atoms with van der Waals surface area (Å²) in [5.41, 5.74) is 0. The van der Waals surface area contributed by atoms with Crippen LogP contribution in [0.25, 0.3) is 0 Å². The van der Waals surface area contributed by atoms with Gasteiger partial charge >= 0.3 is 11.8 Å². The van der Waals surface area contributed by atoms with Gasteiger partial charge in [0, 0.05) is 32.2 Å². The average Bonchev–Trinajstić information content (AvgIpc) is 2.44. The number of rotatable bonds is 4. The van der Waals surface area contributed by atoms with Crippen LogP contribution < -0.4 is 10.6 Å². The van der Waals surface area contributed by atoms with Gasteiger partial charge in [-0.15, -0.1) is 0 Å². The van der Waals surface area contributed by atoms with Crippen LogP contribution in [-0.4, -0.2) is 72.3 Å². The number of piperazine rings is 2. The fourth-order valence-corrected chi connectivity index (χ4v) is 2.52. The van der Waals surface area contributed by atoms with Gasteiger partial charge in [0.05, 0.1) is 6.04 Å². The lowest BCUT2D eigenvalue weighted by atomic mass is 10.1. The van der Waals surface area contributed by atoms with E-state index < -0.39 is 11.8 Å². The molecular weight excluding hydrogens is 260 g/mol. The molecule has 3 amide bonds. The van der Waals surface area contributed by atoms with Gasteiger partial charge in [-0.25, -0.2) is 0 Å². The maximum atomic E-state index is 12.0. The van der Waals surface area contributed by atoms with Crippen molar-refractivity contribution in [1.29, 1.82) is 0 Å². The minimum atomic E-state index is -0.567. The second kappa shape index (κ2) is 6.21. The Labute approximate surface area is 118 Å². The minimum absolute atomic E-state index is 0.0228. The molecule has 2 atom stereocenters. The average molecular weight is 282 g/mol. The highest BCUT2D eigenvalue weighted by molar-refractivity contribution is 6.35. The first kappa shape index (κ1) is 14.8. The Balaban J connectivity index is 1.96. The van der Waals surface area contributed by atoms with Crippen LogP contribution in [-0.2, 0) is 14.4 Å². The van der Waals surface area contributed by atoms with Crippen molar-refractivity contribution in [2.45, 2.75) is 32.4 Å². The third kappa shape index (κ3) is 3.09. The molecule has 0 spiro atoms. The van der Waals surface area contributed by atoms with Gasteiger partial charge in [-0.3, -0.25) is 14.4 Å². The van der Waals surface area contributed by atoms with Crippen LogP contribution in [0.15, 0.2) is 0 Å². The summed E-state index contributed by atoms with van der Waals surface area (Å²) >= 11 is 0. The molecule has 0 aromatic rings. The molecule has 2 unspecified atom stereocenters. The second-order valence-corrected chi connectivity index (χ2v) is 5.42. The van der Waals surface area contributed by atoms with Crippen LogP contribution in [0.2, 0.25) is 0 Å². The van der Waals surface area contributed by atoms with Crippen molar-refractivity contribution in [3.63, 3.8) is 0 Å². The lowest BCUT2D eigenvalue weighted by Gasteiger charge is -2.43. The Hall–Kier alpha value is -1.63. The molecule has 2 aliphatic heterocycles. The van der Waals surface area contributed by atoms with Crippen molar-refractivity contribution in [3.05, 3.63) is 0 Å². The Morgan fingerprint density at radius 2 is 2.20 bits per heavy atom. The predicted molar refractivity (Wildman–Crippen MR) is 72.8 cm³/mol. The van der Waals surface area contributed by atoms with Gasteiger partial charge in [-0.1, -0.05) is 6.92 Å². The van der Waals surface area contributed by atoms with E-state index in [9.17, 15) is 14.4 Å². The Morgan fingerprint density at radius 3 is 2.90 bits per heavy atom. The van der Waals surface area contributed by atoms with Crippen molar-refractivity contribution in [1.82, 2.24) is 20.4 Å². The van der Waals surface area contributed by atoms with Crippen molar-refractivity contribution >= 4 is 17.7 Å². The highest BCUT2D eigenvalue weighted by Gasteiger charge is 2.40. The number of nitrogens with zero attached hydrogens (tertiary/aromatic N) is 2. The molecule has 0 saturated carbocycles. The van der Waals surface area contributed by atoms with E-state index in [1.807, 2.05) is 13.8 Å². The summed E-state index contributed by atoms with van der Waals surface area (Å²) in [6.45, 7) is 6.21. The zero-order chi connectivity index (χ0) is 14.7. The fourth-order valence-electron chi connectivity index (χ4n) is 2.52. The van der Waals surface area contributed by atoms with Gasteiger partial charge in [-0.05, 0) is 13.3 Å². The van der Waals surface area contributed by atoms with Gasteiger partial charge in [0.15, 0.2) is 0 Å². The third-order valence-electron chi connectivity index (χ3n) is 3.87. The van der Waals surface area contributed by atoms with Crippen molar-refractivity contribution in [2.75, 3.05) is 32.7 Å². The summed E-state index contributed by atoms with van der Waals surface area (Å²) in [4.78, 5) is 38.8. The summed E-state index contributed by atoms with van der Waals surface area (Å²) in [5, 5.41) is 6.01. The van der Waals surface area contributed by atoms with Crippen LogP contribution in [0.3, 0.4) is 0 Å². The van der Waals surface area contributed by atoms with Crippen molar-refractivity contribution in [3.8, 4) is 0 Å². The lowest BCUT2D eigenvalue weighted by molar-refractivity contribution is -0.160. The topological polar surface area (TPSA) is 81.8 Å². The molecule has 0 aromatic carbocycles. The number of nitrogens with one attached hydrogen (secondary N) is 2. The smallest absolute Gasteiger partial charge is 0.312 e. The molecule has 7 nitrogen and oxygen atoms in total. The maximum Gasteiger partial charge on any atom is 0.312 e. The summed E-state index contributed by atoms with van der Waals surface area (Å²) in [7, 11) is 0. The molecule has 7 heteroatoms. The molecule has 2 saturated heterocycles. The number of fused-ring (bicyclic) bond motifs is 1. The van der Waals surface area contributed by atoms with E-state index in [1.54, 1.807) is 4.90 Å². The van der Waals surface area contributed by atoms with Crippen LogP contribution in [0.1, 0.15) is 20.3 Å². The van der Waals surface area contributed by atoms with E-state index >= 15 is 0 Å². The highest BCUT2D eigenvalue weighted by Crippen LogP contribution is 2.13. The number of hydrogen-bond acceptors (Lipinski definition) is 4. The van der Waals surface area contributed by atoms with Gasteiger partial charge in [0.2, 0.25) is 5.91 Å². The first-order chi connectivity index (χ1) is 9.52. The normalized spacial score (nSPS) is 24.4. The van der Waals surface area contributed by atoms with Gasteiger partial charge in [0.1, 0.15) is 6.54 Å². The Morgan fingerprint density at radius 1 is 1.45 bits per heavy atom. The SMILES string of the molecule is CCC(C)NC(=O)CN1CC2CNCCN2C(=O)C1=O. The Bertz CT molecular complexity index is 412. The zero-order valence-electron chi connectivity index (χ0n) is 12.0. The van der Waals surface area contributed by atoms with E-state index in [4.69, 9.17) is 0 Å². The van der Waals surface area contributed by atoms with Gasteiger partial charge in [-0.2, -0.15) is 0 Å². The summed E-state index contributed by atoms with van der Waals surface area (Å²) in [5.74, 6) is -1.26. The monoisotopic (exact) mass is 282 g/mol. The first-order valence-corrected chi connectivity index (χ1v) is 7.13. The predicted octanol–water partition coefficient (Wildman–Crippen LogP) is -1.46. The summed E-state index contributed by atoms with van der Waals surface area (Å²) in [6.07, 6.45) is 0.832. The quantitative estimate of drug-likeness (QED) is 0.618. The maximum absolute atomic E-state index is 12.0. The van der Waals surface area contributed by atoms with Gasteiger partial charge < -0.3 is 20.4 Å². The van der Waals surface area contributed by atoms with E-state index in [1.165, 1.54) is 4.90 Å². The van der Waals surface area contributed by atoms with E-state index in [-0.39, 0.29) is 24.5 Å². The molecule has 0 radical (unpaired) electrons. The molecule has 2 heterocycles. The largest absolute Gasteiger partial charge is 0.352 e. The summed E-state index contributed by atoms with van der Waals surface area (Å²) in [6, 6.07) is 0.0521. The molecule has 2 N–H and O–H groups in total. The number of carbonyl (C=O) groups excluding carboxylic acids is 3. The highest BCUT2D eigenvalue weighted by atomic mass is 16.2. The molecule has 0 aromatic heterocycles. The molecule has 2 rings (SSSR count). The van der Waals surface area contributed by atoms with E-state index in [0.29, 0.717) is 26.2 Å². The fraction of sp³-hybridized carbons (Fsp3) is 0.769. The van der Waals surface area contributed by atoms with Crippen molar-refractivity contribution in [2.24, 2.45) is 0 Å². The number of hydrogen-bond donors (Lipinski definition) is 2. The second-order valence-electron chi connectivity index (χ2n) is 5.42.